The van der Waals surface area contributed by atoms with E-state index in [2.05, 4.69) is 60.7 Å². The summed E-state index contributed by atoms with van der Waals surface area (Å²) >= 11 is 0. The molecule has 0 spiro atoms. The van der Waals surface area contributed by atoms with E-state index >= 15 is 0 Å². The highest BCUT2D eigenvalue weighted by atomic mass is 16.7. The Morgan fingerprint density at radius 1 is 0.561 bits per heavy atom. The van der Waals surface area contributed by atoms with E-state index in [4.69, 9.17) is 18.9 Å². The third-order valence-corrected chi connectivity index (χ3v) is 7.56. The first-order valence-electron chi connectivity index (χ1n) is 14.0. The molecule has 6 aromatic carbocycles. The minimum absolute atomic E-state index is 0.447. The largest absolute Gasteiger partial charge is 0.489 e. The fourth-order valence-electron chi connectivity index (χ4n) is 5.49. The summed E-state index contributed by atoms with van der Waals surface area (Å²) in [5, 5.41) is 4.51. The molecular formula is C37H30O4. The average molecular weight is 539 g/mol. The van der Waals surface area contributed by atoms with Gasteiger partial charge in [0, 0.05) is 24.5 Å². The standard InChI is InChI=1S/C37H30O4/c1-25-40-36-18-14-28-12-16-30(38-23-26-8-4-2-5-9-26)20-32(28)34(36)22-35-33-21-31(39-24-27-10-6-3-7-11-27)17-13-29(33)15-19-37(35)41-25/h2-21,25H,22-24H2,1H3. The Morgan fingerprint density at radius 2 is 1.00 bits per heavy atom. The first kappa shape index (κ1) is 25.0. The minimum atomic E-state index is -0.447. The molecule has 4 heteroatoms. The molecule has 0 amide bonds. The summed E-state index contributed by atoms with van der Waals surface area (Å²) in [6.45, 7) is 2.97. The summed E-state index contributed by atoms with van der Waals surface area (Å²) in [7, 11) is 0. The molecule has 1 heterocycles. The lowest BCUT2D eigenvalue weighted by Gasteiger charge is -2.26. The van der Waals surface area contributed by atoms with E-state index in [0.29, 0.717) is 19.6 Å². The van der Waals surface area contributed by atoms with E-state index in [9.17, 15) is 0 Å². The van der Waals surface area contributed by atoms with Crippen molar-refractivity contribution in [3.8, 4) is 23.0 Å². The second-order valence-electron chi connectivity index (χ2n) is 10.4. The zero-order valence-corrected chi connectivity index (χ0v) is 22.9. The Balaban J connectivity index is 1.28. The Labute approximate surface area is 239 Å². The molecule has 0 saturated heterocycles. The molecule has 202 valence electrons. The third-order valence-electron chi connectivity index (χ3n) is 7.56. The van der Waals surface area contributed by atoms with Crippen LogP contribution >= 0.6 is 0 Å². The van der Waals surface area contributed by atoms with Gasteiger partial charge in [0.2, 0.25) is 6.29 Å². The van der Waals surface area contributed by atoms with Gasteiger partial charge in [0.25, 0.3) is 0 Å². The summed E-state index contributed by atoms with van der Waals surface area (Å²) in [6, 6.07) is 41.3. The van der Waals surface area contributed by atoms with Crippen molar-refractivity contribution in [3.63, 3.8) is 0 Å². The van der Waals surface area contributed by atoms with E-state index in [0.717, 1.165) is 66.8 Å². The van der Waals surface area contributed by atoms with Crippen LogP contribution in [0.2, 0.25) is 0 Å². The van der Waals surface area contributed by atoms with Crippen LogP contribution in [0, 0.1) is 0 Å². The van der Waals surface area contributed by atoms with Gasteiger partial charge in [-0.25, -0.2) is 0 Å². The van der Waals surface area contributed by atoms with Crippen LogP contribution in [0.25, 0.3) is 21.5 Å². The van der Waals surface area contributed by atoms with Crippen LogP contribution in [0.15, 0.2) is 121 Å². The van der Waals surface area contributed by atoms with Gasteiger partial charge in [-0.3, -0.25) is 0 Å². The molecule has 0 bridgehead atoms. The monoisotopic (exact) mass is 538 g/mol. The van der Waals surface area contributed by atoms with E-state index in [1.54, 1.807) is 0 Å². The van der Waals surface area contributed by atoms with Gasteiger partial charge in [-0.2, -0.15) is 0 Å². The van der Waals surface area contributed by atoms with Crippen molar-refractivity contribution < 1.29 is 18.9 Å². The van der Waals surface area contributed by atoms with Crippen molar-refractivity contribution in [1.29, 1.82) is 0 Å². The molecule has 0 atom stereocenters. The molecule has 7 rings (SSSR count). The van der Waals surface area contributed by atoms with Crippen LogP contribution in [0.3, 0.4) is 0 Å². The van der Waals surface area contributed by atoms with Crippen LogP contribution < -0.4 is 18.9 Å². The molecule has 1 aliphatic heterocycles. The maximum Gasteiger partial charge on any atom is 0.238 e. The molecule has 6 aromatic rings. The lowest BCUT2D eigenvalue weighted by molar-refractivity contribution is 0.0194. The highest BCUT2D eigenvalue weighted by Crippen LogP contribution is 2.40. The van der Waals surface area contributed by atoms with Crippen LogP contribution in [0.5, 0.6) is 23.0 Å². The van der Waals surface area contributed by atoms with Crippen LogP contribution in [0.4, 0.5) is 0 Å². The first-order valence-corrected chi connectivity index (χ1v) is 14.0. The zero-order chi connectivity index (χ0) is 27.6. The van der Waals surface area contributed by atoms with Crippen LogP contribution in [0.1, 0.15) is 29.2 Å². The van der Waals surface area contributed by atoms with Gasteiger partial charge >= 0.3 is 0 Å². The summed E-state index contributed by atoms with van der Waals surface area (Å²) in [4.78, 5) is 0. The van der Waals surface area contributed by atoms with E-state index in [1.165, 1.54) is 0 Å². The lowest BCUT2D eigenvalue weighted by atomic mass is 9.93. The fourth-order valence-corrected chi connectivity index (χ4v) is 5.49. The maximum absolute atomic E-state index is 6.31. The lowest BCUT2D eigenvalue weighted by Crippen LogP contribution is -2.23. The highest BCUT2D eigenvalue weighted by molar-refractivity contribution is 5.93. The molecule has 1 aliphatic rings. The number of hydrogen-bond acceptors (Lipinski definition) is 4. The normalized spacial score (nSPS) is 12.9. The zero-order valence-electron chi connectivity index (χ0n) is 22.9. The molecule has 0 saturated carbocycles. The van der Waals surface area contributed by atoms with Crippen molar-refractivity contribution in [2.24, 2.45) is 0 Å². The van der Waals surface area contributed by atoms with E-state index < -0.39 is 6.29 Å². The minimum Gasteiger partial charge on any atom is -0.489 e. The molecule has 41 heavy (non-hydrogen) atoms. The molecule has 0 unspecified atom stereocenters. The molecular weight excluding hydrogens is 508 g/mol. The topological polar surface area (TPSA) is 36.9 Å². The number of hydrogen-bond donors (Lipinski definition) is 0. The third kappa shape index (κ3) is 5.29. The van der Waals surface area contributed by atoms with Crippen molar-refractivity contribution in [2.45, 2.75) is 32.8 Å². The predicted molar refractivity (Wildman–Crippen MR) is 163 cm³/mol. The maximum atomic E-state index is 6.31. The van der Waals surface area contributed by atoms with Crippen molar-refractivity contribution >= 4 is 21.5 Å². The summed E-state index contributed by atoms with van der Waals surface area (Å²) in [5.74, 6) is 3.31. The molecule has 0 N–H and O–H groups in total. The second kappa shape index (κ2) is 10.9. The first-order chi connectivity index (χ1) is 20.2. The number of ether oxygens (including phenoxy) is 4. The number of fused-ring (bicyclic) bond motifs is 6. The Morgan fingerprint density at radius 3 is 1.46 bits per heavy atom. The summed E-state index contributed by atoms with van der Waals surface area (Å²) in [6.07, 6.45) is 0.203. The average Bonchev–Trinajstić information content (AvgIpc) is 3.01. The van der Waals surface area contributed by atoms with E-state index in [1.807, 2.05) is 67.6 Å². The van der Waals surface area contributed by atoms with Crippen LogP contribution in [-0.2, 0) is 19.6 Å². The van der Waals surface area contributed by atoms with Crippen molar-refractivity contribution in [1.82, 2.24) is 0 Å². The Kier molecular flexibility index (Phi) is 6.65. The van der Waals surface area contributed by atoms with Gasteiger partial charge in [-0.15, -0.1) is 0 Å². The Hall–Kier alpha value is -4.96. The molecule has 0 radical (unpaired) electrons. The highest BCUT2D eigenvalue weighted by Gasteiger charge is 2.22. The van der Waals surface area contributed by atoms with Crippen molar-refractivity contribution in [3.05, 3.63) is 144 Å². The molecule has 4 nitrogen and oxygen atoms in total. The quantitative estimate of drug-likeness (QED) is 0.212. The molecule has 0 fully saturated rings. The smallest absolute Gasteiger partial charge is 0.238 e. The fraction of sp³-hybridized carbons (Fsp3) is 0.135. The van der Waals surface area contributed by atoms with Crippen molar-refractivity contribution in [2.75, 3.05) is 0 Å². The van der Waals surface area contributed by atoms with Gasteiger partial charge in [-0.05, 0) is 69.1 Å². The number of rotatable bonds is 6. The molecule has 0 aliphatic carbocycles. The molecule has 0 aromatic heterocycles. The van der Waals surface area contributed by atoms with Gasteiger partial charge < -0.3 is 18.9 Å². The van der Waals surface area contributed by atoms with Crippen LogP contribution in [-0.4, -0.2) is 6.29 Å². The summed E-state index contributed by atoms with van der Waals surface area (Å²) < 4.78 is 25.0. The van der Waals surface area contributed by atoms with Gasteiger partial charge in [-0.1, -0.05) is 84.9 Å². The van der Waals surface area contributed by atoms with Gasteiger partial charge in [0.15, 0.2) is 0 Å². The Bertz CT molecular complexity index is 1690. The second-order valence-corrected chi connectivity index (χ2v) is 10.4. The van der Waals surface area contributed by atoms with Gasteiger partial charge in [0.1, 0.15) is 36.2 Å². The van der Waals surface area contributed by atoms with Gasteiger partial charge in [0.05, 0.1) is 0 Å². The number of benzene rings is 6. The van der Waals surface area contributed by atoms with E-state index in [-0.39, 0.29) is 0 Å². The summed E-state index contributed by atoms with van der Waals surface area (Å²) in [5.41, 5.74) is 4.51. The SMILES string of the molecule is CC1Oc2ccc3ccc(OCc4ccccc4)cc3c2Cc2c(ccc3ccc(OCc4ccccc4)cc23)O1. The predicted octanol–water partition coefficient (Wildman–Crippen LogP) is 8.86.